The Bertz CT molecular complexity index is 484. The fourth-order valence-corrected chi connectivity index (χ4v) is 1.75. The highest BCUT2D eigenvalue weighted by Gasteiger charge is 2.12. The third-order valence-electron chi connectivity index (χ3n) is 2.72. The highest BCUT2D eigenvalue weighted by Crippen LogP contribution is 2.28. The summed E-state index contributed by atoms with van der Waals surface area (Å²) in [4.78, 5) is 21.3. The number of rotatable bonds is 5. The van der Waals surface area contributed by atoms with Crippen molar-refractivity contribution >= 4 is 11.9 Å². The van der Waals surface area contributed by atoms with Gasteiger partial charge in [0.15, 0.2) is 0 Å². The van der Waals surface area contributed by atoms with E-state index >= 15 is 0 Å². The molecule has 1 aromatic carbocycles. The number of nitrogens with one attached hydrogen (secondary N) is 1. The number of amides is 1. The van der Waals surface area contributed by atoms with Crippen LogP contribution in [0.15, 0.2) is 12.1 Å². The maximum atomic E-state index is 10.9. The second kappa shape index (κ2) is 6.63. The number of carbonyl (C=O) groups is 2. The smallest absolute Gasteiger partial charge is 0.394 e. The monoisotopic (exact) mass is 267 g/mol. The number of carboxylic acids is 1. The van der Waals surface area contributed by atoms with Crippen LogP contribution in [0.5, 0.6) is 11.5 Å². The van der Waals surface area contributed by atoms with Crippen molar-refractivity contribution in [3.8, 4) is 11.5 Å². The number of carbonyl (C=O) groups excluding carboxylic acids is 1. The number of benzene rings is 1. The fourth-order valence-electron chi connectivity index (χ4n) is 1.75. The SMILES string of the molecule is COc1cc(C)c(CCNC(=O)C(=O)O)c(OC)c1. The number of aryl methyl sites for hydroxylation is 1. The maximum Gasteiger partial charge on any atom is 0.394 e. The number of hydrogen-bond acceptors (Lipinski definition) is 4. The predicted molar refractivity (Wildman–Crippen MR) is 68.6 cm³/mol. The van der Waals surface area contributed by atoms with E-state index in [1.54, 1.807) is 20.3 Å². The lowest BCUT2D eigenvalue weighted by Crippen LogP contribution is -2.32. The Balaban J connectivity index is 2.77. The van der Waals surface area contributed by atoms with E-state index in [0.29, 0.717) is 17.9 Å². The third kappa shape index (κ3) is 3.87. The molecule has 0 heterocycles. The molecule has 104 valence electrons. The van der Waals surface area contributed by atoms with Crippen LogP contribution in [-0.2, 0) is 16.0 Å². The Morgan fingerprint density at radius 3 is 2.47 bits per heavy atom. The van der Waals surface area contributed by atoms with E-state index in [1.165, 1.54) is 0 Å². The summed E-state index contributed by atoms with van der Waals surface area (Å²) >= 11 is 0. The minimum atomic E-state index is -1.49. The summed E-state index contributed by atoms with van der Waals surface area (Å²) < 4.78 is 10.4. The number of carboxylic acid groups (broad SMARTS) is 1. The molecule has 19 heavy (non-hydrogen) atoms. The molecule has 6 nitrogen and oxygen atoms in total. The van der Waals surface area contributed by atoms with Gasteiger partial charge >= 0.3 is 11.9 Å². The van der Waals surface area contributed by atoms with Crippen molar-refractivity contribution in [2.75, 3.05) is 20.8 Å². The summed E-state index contributed by atoms with van der Waals surface area (Å²) in [6, 6.07) is 3.61. The first-order chi connectivity index (χ1) is 8.99. The average molecular weight is 267 g/mol. The van der Waals surface area contributed by atoms with Gasteiger partial charge in [0.05, 0.1) is 14.2 Å². The zero-order chi connectivity index (χ0) is 14.4. The topological polar surface area (TPSA) is 84.9 Å². The summed E-state index contributed by atoms with van der Waals surface area (Å²) in [6.07, 6.45) is 0.484. The van der Waals surface area contributed by atoms with E-state index in [4.69, 9.17) is 14.6 Å². The van der Waals surface area contributed by atoms with E-state index in [2.05, 4.69) is 5.32 Å². The Morgan fingerprint density at radius 1 is 1.26 bits per heavy atom. The van der Waals surface area contributed by atoms with Gasteiger partial charge in [0.25, 0.3) is 0 Å². The van der Waals surface area contributed by atoms with Gasteiger partial charge < -0.3 is 19.9 Å². The van der Waals surface area contributed by atoms with Crippen LogP contribution in [0, 0.1) is 6.92 Å². The first-order valence-corrected chi connectivity index (χ1v) is 5.72. The van der Waals surface area contributed by atoms with Crippen molar-refractivity contribution < 1.29 is 24.2 Å². The van der Waals surface area contributed by atoms with Crippen LogP contribution in [-0.4, -0.2) is 37.7 Å². The molecule has 0 aliphatic carbocycles. The van der Waals surface area contributed by atoms with E-state index < -0.39 is 11.9 Å². The van der Waals surface area contributed by atoms with Crippen LogP contribution < -0.4 is 14.8 Å². The minimum absolute atomic E-state index is 0.231. The highest BCUT2D eigenvalue weighted by atomic mass is 16.5. The molecule has 0 atom stereocenters. The molecule has 1 aromatic rings. The van der Waals surface area contributed by atoms with Crippen molar-refractivity contribution in [3.63, 3.8) is 0 Å². The average Bonchev–Trinajstić information content (AvgIpc) is 2.39. The van der Waals surface area contributed by atoms with E-state index in [9.17, 15) is 9.59 Å². The minimum Gasteiger partial charge on any atom is -0.497 e. The second-order valence-corrected chi connectivity index (χ2v) is 3.94. The van der Waals surface area contributed by atoms with Gasteiger partial charge in [-0.3, -0.25) is 4.79 Å². The summed E-state index contributed by atoms with van der Waals surface area (Å²) in [7, 11) is 3.12. The molecule has 1 rings (SSSR count). The fraction of sp³-hybridized carbons (Fsp3) is 0.385. The molecule has 0 aliphatic rings. The largest absolute Gasteiger partial charge is 0.497 e. The zero-order valence-corrected chi connectivity index (χ0v) is 11.1. The van der Waals surface area contributed by atoms with Gasteiger partial charge in [0.2, 0.25) is 0 Å². The number of hydrogen-bond donors (Lipinski definition) is 2. The van der Waals surface area contributed by atoms with Gasteiger partial charge in [-0.25, -0.2) is 4.79 Å². The van der Waals surface area contributed by atoms with E-state index in [1.807, 2.05) is 13.0 Å². The molecule has 0 saturated heterocycles. The normalized spacial score (nSPS) is 9.84. The lowest BCUT2D eigenvalue weighted by molar-refractivity contribution is -0.150. The molecule has 0 bridgehead atoms. The van der Waals surface area contributed by atoms with Crippen molar-refractivity contribution in [2.24, 2.45) is 0 Å². The molecule has 1 amide bonds. The van der Waals surface area contributed by atoms with Crippen LogP contribution in [0.3, 0.4) is 0 Å². The maximum absolute atomic E-state index is 10.9. The van der Waals surface area contributed by atoms with Crippen LogP contribution in [0.4, 0.5) is 0 Å². The third-order valence-corrected chi connectivity index (χ3v) is 2.72. The van der Waals surface area contributed by atoms with Gasteiger partial charge in [-0.2, -0.15) is 0 Å². The van der Waals surface area contributed by atoms with Crippen LogP contribution >= 0.6 is 0 Å². The van der Waals surface area contributed by atoms with Crippen LogP contribution in [0.2, 0.25) is 0 Å². The standard InChI is InChI=1S/C13H17NO5/c1-8-6-9(18-2)7-11(19-3)10(8)4-5-14-12(15)13(16)17/h6-7H,4-5H2,1-3H3,(H,14,15)(H,16,17). The van der Waals surface area contributed by atoms with E-state index in [0.717, 1.165) is 11.1 Å². The molecule has 0 fully saturated rings. The molecule has 0 aliphatic heterocycles. The van der Waals surface area contributed by atoms with Gasteiger partial charge in [-0.05, 0) is 30.5 Å². The highest BCUT2D eigenvalue weighted by molar-refractivity contribution is 6.31. The lowest BCUT2D eigenvalue weighted by atomic mass is 10.0. The van der Waals surface area contributed by atoms with Crippen molar-refractivity contribution in [3.05, 3.63) is 23.3 Å². The number of methoxy groups -OCH3 is 2. The molecule has 0 aromatic heterocycles. The Kier molecular flexibility index (Phi) is 5.17. The van der Waals surface area contributed by atoms with Gasteiger partial charge in [-0.15, -0.1) is 0 Å². The first-order valence-electron chi connectivity index (χ1n) is 5.72. The first kappa shape index (κ1) is 14.8. The summed E-state index contributed by atoms with van der Waals surface area (Å²) in [5.41, 5.74) is 1.87. The Hall–Kier alpha value is -2.24. The van der Waals surface area contributed by atoms with Crippen molar-refractivity contribution in [2.45, 2.75) is 13.3 Å². The summed E-state index contributed by atoms with van der Waals surface area (Å²) in [5.74, 6) is -1.15. The van der Waals surface area contributed by atoms with Crippen molar-refractivity contribution in [1.29, 1.82) is 0 Å². The molecule has 6 heteroatoms. The lowest BCUT2D eigenvalue weighted by Gasteiger charge is -2.13. The summed E-state index contributed by atoms with van der Waals surface area (Å²) in [6.45, 7) is 2.13. The predicted octanol–water partition coefficient (Wildman–Crippen LogP) is 0.756. The summed E-state index contributed by atoms with van der Waals surface area (Å²) in [5, 5.41) is 10.8. The van der Waals surface area contributed by atoms with Gasteiger partial charge in [0, 0.05) is 12.6 Å². The Morgan fingerprint density at radius 2 is 1.95 bits per heavy atom. The van der Waals surface area contributed by atoms with E-state index in [-0.39, 0.29) is 6.54 Å². The molecule has 0 spiro atoms. The van der Waals surface area contributed by atoms with Gasteiger partial charge in [0.1, 0.15) is 11.5 Å². The molecular weight excluding hydrogens is 250 g/mol. The van der Waals surface area contributed by atoms with Crippen molar-refractivity contribution in [1.82, 2.24) is 5.32 Å². The quantitative estimate of drug-likeness (QED) is 0.769. The zero-order valence-electron chi connectivity index (χ0n) is 11.1. The number of aliphatic carboxylic acids is 1. The Labute approximate surface area is 111 Å². The van der Waals surface area contributed by atoms with Crippen LogP contribution in [0.25, 0.3) is 0 Å². The molecular formula is C13H17NO5. The van der Waals surface area contributed by atoms with Gasteiger partial charge in [-0.1, -0.05) is 0 Å². The molecule has 2 N–H and O–H groups in total. The van der Waals surface area contributed by atoms with Crippen LogP contribution in [0.1, 0.15) is 11.1 Å². The number of ether oxygens (including phenoxy) is 2. The molecule has 0 saturated carbocycles. The molecule has 0 unspecified atom stereocenters. The second-order valence-electron chi connectivity index (χ2n) is 3.94. The molecule has 0 radical (unpaired) electrons.